The normalized spacial score (nSPS) is 12.0. The van der Waals surface area contributed by atoms with E-state index in [0.717, 1.165) is 29.9 Å². The van der Waals surface area contributed by atoms with Gasteiger partial charge in [-0.1, -0.05) is 6.07 Å². The Morgan fingerprint density at radius 3 is 2.81 bits per heavy atom. The van der Waals surface area contributed by atoms with Crippen LogP contribution in [-0.2, 0) is 6.42 Å². The number of hydrogen-bond acceptors (Lipinski definition) is 3. The molecule has 112 valence electrons. The van der Waals surface area contributed by atoms with Crippen LogP contribution in [-0.4, -0.2) is 19.0 Å². The Balaban J connectivity index is 1.94. The van der Waals surface area contributed by atoms with E-state index in [4.69, 9.17) is 4.42 Å². The van der Waals surface area contributed by atoms with Crippen LogP contribution in [0.1, 0.15) is 35.0 Å². The second-order valence-corrected chi connectivity index (χ2v) is 5.29. The largest absolute Gasteiger partial charge is 0.469 e. The minimum absolute atomic E-state index is 0.0497. The fraction of sp³-hybridized carbons (Fsp3) is 0.353. The number of benzene rings is 1. The van der Waals surface area contributed by atoms with E-state index in [1.54, 1.807) is 6.26 Å². The summed E-state index contributed by atoms with van der Waals surface area (Å²) >= 11 is 0. The molecule has 0 aliphatic heterocycles. The lowest BCUT2D eigenvalue weighted by molar-refractivity contribution is 0.0939. The van der Waals surface area contributed by atoms with Gasteiger partial charge in [0.25, 0.3) is 5.91 Å². The molecule has 0 bridgehead atoms. The van der Waals surface area contributed by atoms with E-state index in [1.165, 1.54) is 0 Å². The van der Waals surface area contributed by atoms with Gasteiger partial charge in [0.1, 0.15) is 5.76 Å². The molecular weight excluding hydrogens is 264 g/mol. The van der Waals surface area contributed by atoms with E-state index < -0.39 is 0 Å². The van der Waals surface area contributed by atoms with Crippen LogP contribution < -0.4 is 10.6 Å². The zero-order chi connectivity index (χ0) is 15.2. The first-order valence-electron chi connectivity index (χ1n) is 7.22. The number of furan rings is 1. The molecule has 0 aliphatic carbocycles. The van der Waals surface area contributed by atoms with Gasteiger partial charge in [0.05, 0.1) is 11.8 Å². The van der Waals surface area contributed by atoms with Crippen molar-refractivity contribution in [1.82, 2.24) is 5.32 Å². The van der Waals surface area contributed by atoms with E-state index in [0.29, 0.717) is 5.56 Å². The van der Waals surface area contributed by atoms with Crippen LogP contribution in [0.15, 0.2) is 41.0 Å². The summed E-state index contributed by atoms with van der Waals surface area (Å²) < 4.78 is 5.30. The maximum Gasteiger partial charge on any atom is 0.253 e. The molecule has 1 atom stereocenters. The second kappa shape index (κ2) is 6.97. The lowest BCUT2D eigenvalue weighted by Crippen LogP contribution is -2.33. The molecule has 4 nitrogen and oxygen atoms in total. The third kappa shape index (κ3) is 4.12. The quantitative estimate of drug-likeness (QED) is 0.856. The first kappa shape index (κ1) is 15.2. The Morgan fingerprint density at radius 1 is 1.33 bits per heavy atom. The maximum atomic E-state index is 12.3. The van der Waals surface area contributed by atoms with Crippen LogP contribution in [0.25, 0.3) is 0 Å². The van der Waals surface area contributed by atoms with Gasteiger partial charge in [-0.2, -0.15) is 0 Å². The molecule has 4 heteroatoms. The fourth-order valence-electron chi connectivity index (χ4n) is 2.25. The van der Waals surface area contributed by atoms with Gasteiger partial charge in [-0.05, 0) is 50.1 Å². The molecule has 0 saturated carbocycles. The summed E-state index contributed by atoms with van der Waals surface area (Å²) in [5.74, 6) is 0.897. The Morgan fingerprint density at radius 2 is 2.14 bits per heavy atom. The topological polar surface area (TPSA) is 54.3 Å². The zero-order valence-corrected chi connectivity index (χ0v) is 12.8. The van der Waals surface area contributed by atoms with Crippen molar-refractivity contribution in [3.05, 3.63) is 53.5 Å². The van der Waals surface area contributed by atoms with Gasteiger partial charge < -0.3 is 15.1 Å². The molecular formula is C17H22N2O2. The molecule has 21 heavy (non-hydrogen) atoms. The predicted octanol–water partition coefficient (Wildman–Crippen LogP) is 3.38. The third-order valence-electron chi connectivity index (χ3n) is 3.47. The van der Waals surface area contributed by atoms with E-state index in [-0.39, 0.29) is 11.9 Å². The standard InChI is InChI=1S/C17H22N2O2/c1-12-6-9-15(16(11-12)18-3)17(20)19-13(2)7-8-14-5-4-10-21-14/h4-6,9-11,13,18H,7-8H2,1-3H3,(H,19,20). The summed E-state index contributed by atoms with van der Waals surface area (Å²) in [4.78, 5) is 12.3. The van der Waals surface area contributed by atoms with E-state index in [2.05, 4.69) is 10.6 Å². The van der Waals surface area contributed by atoms with Crippen LogP contribution >= 0.6 is 0 Å². The average molecular weight is 286 g/mol. The van der Waals surface area contributed by atoms with E-state index >= 15 is 0 Å². The fourth-order valence-corrected chi connectivity index (χ4v) is 2.25. The molecule has 2 N–H and O–H groups in total. The van der Waals surface area contributed by atoms with Crippen LogP contribution in [0, 0.1) is 6.92 Å². The van der Waals surface area contributed by atoms with Gasteiger partial charge in [0.2, 0.25) is 0 Å². The first-order chi connectivity index (χ1) is 10.1. The van der Waals surface area contributed by atoms with Crippen LogP contribution in [0.4, 0.5) is 5.69 Å². The predicted molar refractivity (Wildman–Crippen MR) is 84.7 cm³/mol. The van der Waals surface area contributed by atoms with Crippen molar-refractivity contribution in [3.8, 4) is 0 Å². The van der Waals surface area contributed by atoms with Gasteiger partial charge in [0, 0.05) is 25.2 Å². The van der Waals surface area contributed by atoms with Gasteiger partial charge in [-0.15, -0.1) is 0 Å². The zero-order valence-electron chi connectivity index (χ0n) is 12.8. The number of amides is 1. The highest BCUT2D eigenvalue weighted by molar-refractivity contribution is 5.99. The molecule has 1 amide bonds. The molecule has 0 aliphatic rings. The highest BCUT2D eigenvalue weighted by Gasteiger charge is 2.13. The Kier molecular flexibility index (Phi) is 5.04. The number of hydrogen-bond donors (Lipinski definition) is 2. The summed E-state index contributed by atoms with van der Waals surface area (Å²) in [6.07, 6.45) is 3.34. The summed E-state index contributed by atoms with van der Waals surface area (Å²) in [6.45, 7) is 4.02. The number of anilines is 1. The van der Waals surface area contributed by atoms with Crippen molar-refractivity contribution in [3.63, 3.8) is 0 Å². The number of carbonyl (C=O) groups is 1. The third-order valence-corrected chi connectivity index (χ3v) is 3.47. The Bertz CT molecular complexity index is 591. The first-order valence-corrected chi connectivity index (χ1v) is 7.22. The SMILES string of the molecule is CNc1cc(C)ccc1C(=O)NC(C)CCc1ccco1. The number of aryl methyl sites for hydroxylation is 2. The highest BCUT2D eigenvalue weighted by atomic mass is 16.3. The van der Waals surface area contributed by atoms with Crippen LogP contribution in [0.3, 0.4) is 0 Å². The monoisotopic (exact) mass is 286 g/mol. The van der Waals surface area contributed by atoms with Crippen molar-refractivity contribution in [1.29, 1.82) is 0 Å². The molecule has 1 unspecified atom stereocenters. The molecule has 2 rings (SSSR count). The lowest BCUT2D eigenvalue weighted by Gasteiger charge is -2.15. The van der Waals surface area contributed by atoms with Crippen molar-refractivity contribution >= 4 is 11.6 Å². The minimum atomic E-state index is -0.0497. The highest BCUT2D eigenvalue weighted by Crippen LogP contribution is 2.17. The van der Waals surface area contributed by atoms with Crippen molar-refractivity contribution in [2.75, 3.05) is 12.4 Å². The maximum absolute atomic E-state index is 12.3. The van der Waals surface area contributed by atoms with Crippen molar-refractivity contribution in [2.45, 2.75) is 32.7 Å². The van der Waals surface area contributed by atoms with Gasteiger partial charge >= 0.3 is 0 Å². The number of carbonyl (C=O) groups excluding carboxylic acids is 1. The summed E-state index contributed by atoms with van der Waals surface area (Å²) in [5, 5.41) is 6.10. The average Bonchev–Trinajstić information content (AvgIpc) is 2.98. The summed E-state index contributed by atoms with van der Waals surface area (Å²) in [6, 6.07) is 9.70. The number of rotatable bonds is 6. The molecule has 1 heterocycles. The van der Waals surface area contributed by atoms with Gasteiger partial charge in [0.15, 0.2) is 0 Å². The summed E-state index contributed by atoms with van der Waals surface area (Å²) in [5.41, 5.74) is 2.65. The molecule has 2 aromatic rings. The number of nitrogens with one attached hydrogen (secondary N) is 2. The molecule has 1 aromatic heterocycles. The molecule has 0 radical (unpaired) electrons. The van der Waals surface area contributed by atoms with E-state index in [9.17, 15) is 4.79 Å². The molecule has 0 fully saturated rings. The smallest absolute Gasteiger partial charge is 0.253 e. The van der Waals surface area contributed by atoms with Crippen LogP contribution in [0.5, 0.6) is 0 Å². The minimum Gasteiger partial charge on any atom is -0.469 e. The lowest BCUT2D eigenvalue weighted by atomic mass is 10.1. The Hall–Kier alpha value is -2.23. The van der Waals surface area contributed by atoms with Gasteiger partial charge in [-0.3, -0.25) is 4.79 Å². The van der Waals surface area contributed by atoms with Gasteiger partial charge in [-0.25, -0.2) is 0 Å². The van der Waals surface area contributed by atoms with Crippen molar-refractivity contribution < 1.29 is 9.21 Å². The molecule has 0 saturated heterocycles. The molecule has 0 spiro atoms. The van der Waals surface area contributed by atoms with Crippen LogP contribution in [0.2, 0.25) is 0 Å². The second-order valence-electron chi connectivity index (χ2n) is 5.29. The Labute approximate surface area is 125 Å². The molecule has 1 aromatic carbocycles. The van der Waals surface area contributed by atoms with Crippen molar-refractivity contribution in [2.24, 2.45) is 0 Å². The summed E-state index contributed by atoms with van der Waals surface area (Å²) in [7, 11) is 1.83. The van der Waals surface area contributed by atoms with E-state index in [1.807, 2.05) is 51.2 Å².